The molecule has 5 heteroatoms. The first kappa shape index (κ1) is 15.4. The Morgan fingerprint density at radius 2 is 1.72 bits per heavy atom. The number of nitrogens with zero attached hydrogens (tertiary/aromatic N) is 2. The van der Waals surface area contributed by atoms with Gasteiger partial charge in [0.2, 0.25) is 5.91 Å². The molecule has 0 unspecified atom stereocenters. The molecule has 2 aliphatic carbocycles. The summed E-state index contributed by atoms with van der Waals surface area (Å²) in [7, 11) is 0. The van der Waals surface area contributed by atoms with Crippen LogP contribution in [-0.2, 0) is 22.4 Å². The van der Waals surface area contributed by atoms with Crippen molar-refractivity contribution in [2.24, 2.45) is 17.3 Å². The van der Waals surface area contributed by atoms with Crippen LogP contribution in [0.4, 0.5) is 0 Å². The molecule has 1 saturated carbocycles. The number of hydrogen-bond donors (Lipinski definition) is 1. The molecular formula is C20H24N2O3. The van der Waals surface area contributed by atoms with Gasteiger partial charge in [-0.25, -0.2) is 0 Å². The van der Waals surface area contributed by atoms with Gasteiger partial charge in [0.25, 0.3) is 0 Å². The fourth-order valence-electron chi connectivity index (χ4n) is 5.23. The molecule has 1 aromatic carbocycles. The zero-order valence-corrected chi connectivity index (χ0v) is 14.4. The Bertz CT molecular complexity index is 719. The maximum absolute atomic E-state index is 12.4. The fourth-order valence-corrected chi connectivity index (χ4v) is 5.23. The lowest BCUT2D eigenvalue weighted by Gasteiger charge is -2.28. The van der Waals surface area contributed by atoms with E-state index >= 15 is 0 Å². The van der Waals surface area contributed by atoms with Crippen LogP contribution >= 0.6 is 0 Å². The average molecular weight is 340 g/mol. The maximum atomic E-state index is 12.4. The van der Waals surface area contributed by atoms with Gasteiger partial charge in [0.05, 0.1) is 0 Å². The number of likely N-dealkylation sites (tertiary alicyclic amines) is 2. The summed E-state index contributed by atoms with van der Waals surface area (Å²) in [4.78, 5) is 28.8. The van der Waals surface area contributed by atoms with Gasteiger partial charge in [0, 0.05) is 44.1 Å². The normalized spacial score (nSPS) is 32.0. The van der Waals surface area contributed by atoms with Crippen LogP contribution < -0.4 is 0 Å². The Balaban J connectivity index is 1.34. The fraction of sp³-hybridized carbons (Fsp3) is 0.600. The molecule has 1 N–H and O–H groups in total. The van der Waals surface area contributed by atoms with Crippen molar-refractivity contribution in [3.05, 3.63) is 35.4 Å². The van der Waals surface area contributed by atoms with Crippen molar-refractivity contribution in [1.29, 1.82) is 0 Å². The van der Waals surface area contributed by atoms with E-state index in [9.17, 15) is 14.7 Å². The van der Waals surface area contributed by atoms with Crippen LogP contribution in [0.1, 0.15) is 24.0 Å². The highest BCUT2D eigenvalue weighted by Crippen LogP contribution is 2.46. The van der Waals surface area contributed by atoms with Crippen LogP contribution in [0.25, 0.3) is 0 Å². The first-order valence-electron chi connectivity index (χ1n) is 9.40. The van der Waals surface area contributed by atoms with Crippen LogP contribution in [-0.4, -0.2) is 59.0 Å². The Labute approximate surface area is 147 Å². The van der Waals surface area contributed by atoms with Gasteiger partial charge in [-0.1, -0.05) is 24.3 Å². The highest BCUT2D eigenvalue weighted by molar-refractivity contribution is 5.84. The molecule has 5 nitrogen and oxygen atoms in total. The van der Waals surface area contributed by atoms with E-state index in [-0.39, 0.29) is 17.7 Å². The number of hydrogen-bond acceptors (Lipinski definition) is 3. The van der Waals surface area contributed by atoms with Gasteiger partial charge in [-0.3, -0.25) is 14.5 Å². The molecule has 1 aromatic rings. The molecule has 0 aromatic heterocycles. The monoisotopic (exact) mass is 340 g/mol. The second-order valence-electron chi connectivity index (χ2n) is 8.41. The van der Waals surface area contributed by atoms with Crippen LogP contribution in [0, 0.1) is 17.3 Å². The van der Waals surface area contributed by atoms with Gasteiger partial charge in [-0.2, -0.15) is 0 Å². The average Bonchev–Trinajstić information content (AvgIpc) is 3.09. The van der Waals surface area contributed by atoms with E-state index in [4.69, 9.17) is 0 Å². The van der Waals surface area contributed by atoms with Crippen molar-refractivity contribution < 1.29 is 14.7 Å². The SMILES string of the molecule is O=C(C1CC1)N1C[C@H]2CN(C3Cc4ccccc4C3)C[C@@]2(C(=O)O)C1. The molecule has 2 heterocycles. The molecule has 0 radical (unpaired) electrons. The summed E-state index contributed by atoms with van der Waals surface area (Å²) in [6.07, 6.45) is 3.99. The van der Waals surface area contributed by atoms with E-state index in [1.807, 2.05) is 4.90 Å². The van der Waals surface area contributed by atoms with Crippen molar-refractivity contribution in [3.8, 4) is 0 Å². The summed E-state index contributed by atoms with van der Waals surface area (Å²) in [5, 5.41) is 10.00. The lowest BCUT2D eigenvalue weighted by atomic mass is 9.81. The van der Waals surface area contributed by atoms with E-state index in [0.717, 1.165) is 32.2 Å². The van der Waals surface area contributed by atoms with Gasteiger partial charge in [0.1, 0.15) is 5.41 Å². The number of amides is 1. The van der Waals surface area contributed by atoms with Gasteiger partial charge in [-0.05, 0) is 36.8 Å². The number of aliphatic carboxylic acids is 1. The summed E-state index contributed by atoms with van der Waals surface area (Å²) in [6, 6.07) is 8.96. The second kappa shape index (κ2) is 5.31. The van der Waals surface area contributed by atoms with Gasteiger partial charge in [-0.15, -0.1) is 0 Å². The van der Waals surface area contributed by atoms with Crippen molar-refractivity contribution in [2.75, 3.05) is 26.2 Å². The molecule has 2 saturated heterocycles. The van der Waals surface area contributed by atoms with Crippen LogP contribution in [0.3, 0.4) is 0 Å². The van der Waals surface area contributed by atoms with Gasteiger partial charge < -0.3 is 10.0 Å². The van der Waals surface area contributed by atoms with E-state index in [1.54, 1.807) is 0 Å². The minimum Gasteiger partial charge on any atom is -0.481 e. The number of carboxylic acids is 1. The predicted molar refractivity (Wildman–Crippen MR) is 92.1 cm³/mol. The summed E-state index contributed by atoms with van der Waals surface area (Å²) >= 11 is 0. The Morgan fingerprint density at radius 1 is 1.04 bits per heavy atom. The third kappa shape index (κ3) is 2.32. The molecular weight excluding hydrogens is 316 g/mol. The highest BCUT2D eigenvalue weighted by Gasteiger charge is 2.60. The zero-order valence-electron chi connectivity index (χ0n) is 14.4. The van der Waals surface area contributed by atoms with Crippen molar-refractivity contribution in [1.82, 2.24) is 9.80 Å². The maximum Gasteiger partial charge on any atom is 0.313 e. The van der Waals surface area contributed by atoms with Crippen LogP contribution in [0.5, 0.6) is 0 Å². The molecule has 4 aliphatic rings. The Kier molecular flexibility index (Phi) is 3.26. The molecule has 132 valence electrons. The third-order valence-electron chi connectivity index (χ3n) is 6.85. The first-order valence-corrected chi connectivity index (χ1v) is 9.40. The van der Waals surface area contributed by atoms with Crippen molar-refractivity contribution >= 4 is 11.9 Å². The van der Waals surface area contributed by atoms with E-state index in [0.29, 0.717) is 25.7 Å². The summed E-state index contributed by atoms with van der Waals surface area (Å²) in [6.45, 7) is 2.41. The van der Waals surface area contributed by atoms with E-state index in [2.05, 4.69) is 29.2 Å². The molecule has 0 spiro atoms. The van der Waals surface area contributed by atoms with E-state index in [1.165, 1.54) is 11.1 Å². The molecule has 25 heavy (non-hydrogen) atoms. The summed E-state index contributed by atoms with van der Waals surface area (Å²) in [5.41, 5.74) is 2.04. The predicted octanol–water partition coefficient (Wildman–Crippen LogP) is 1.41. The highest BCUT2D eigenvalue weighted by atomic mass is 16.4. The minimum absolute atomic E-state index is 0.0661. The number of fused-ring (bicyclic) bond motifs is 2. The second-order valence-corrected chi connectivity index (χ2v) is 8.41. The van der Waals surface area contributed by atoms with E-state index < -0.39 is 11.4 Å². The standard InChI is InChI=1S/C20H24N2O3/c23-18(13-5-6-13)22-10-16-9-21(11-20(16,12-22)19(24)25)17-7-14-3-1-2-4-15(14)8-17/h1-4,13,16-17H,5-12H2,(H,24,25)/t16-,20-/m1/s1. The molecule has 0 bridgehead atoms. The van der Waals surface area contributed by atoms with Crippen molar-refractivity contribution in [3.63, 3.8) is 0 Å². The lowest BCUT2D eigenvalue weighted by molar-refractivity contribution is -0.149. The Hall–Kier alpha value is -1.88. The largest absolute Gasteiger partial charge is 0.481 e. The topological polar surface area (TPSA) is 60.9 Å². The van der Waals surface area contributed by atoms with Gasteiger partial charge >= 0.3 is 5.97 Å². The molecule has 3 fully saturated rings. The van der Waals surface area contributed by atoms with Crippen LogP contribution in [0.15, 0.2) is 24.3 Å². The first-order chi connectivity index (χ1) is 12.1. The van der Waals surface area contributed by atoms with Crippen molar-refractivity contribution in [2.45, 2.75) is 31.7 Å². The Morgan fingerprint density at radius 3 is 2.28 bits per heavy atom. The number of carbonyl (C=O) groups excluding carboxylic acids is 1. The third-order valence-corrected chi connectivity index (χ3v) is 6.85. The smallest absolute Gasteiger partial charge is 0.313 e. The molecule has 2 atom stereocenters. The minimum atomic E-state index is -0.765. The zero-order chi connectivity index (χ0) is 17.2. The number of carbonyl (C=O) groups is 2. The summed E-state index contributed by atoms with van der Waals surface area (Å²) < 4.78 is 0. The lowest BCUT2D eigenvalue weighted by Crippen LogP contribution is -2.44. The quantitative estimate of drug-likeness (QED) is 0.904. The number of benzene rings is 1. The molecule has 5 rings (SSSR count). The summed E-state index contributed by atoms with van der Waals surface area (Å²) in [5.74, 6) is -0.294. The van der Waals surface area contributed by atoms with Crippen LogP contribution in [0.2, 0.25) is 0 Å². The molecule has 1 amide bonds. The number of carboxylic acid groups (broad SMARTS) is 1. The van der Waals surface area contributed by atoms with Gasteiger partial charge in [0.15, 0.2) is 0 Å². The number of rotatable bonds is 3. The molecule has 2 aliphatic heterocycles.